The first-order chi connectivity index (χ1) is 16.0. The summed E-state index contributed by atoms with van der Waals surface area (Å²) in [6.45, 7) is 3.85. The number of benzene rings is 2. The van der Waals surface area contributed by atoms with Crippen LogP contribution in [0.1, 0.15) is 54.4 Å². The fourth-order valence-electron chi connectivity index (χ4n) is 4.72. The molecule has 2 fully saturated rings. The summed E-state index contributed by atoms with van der Waals surface area (Å²) in [6, 6.07) is 12.9. The second-order valence-electron chi connectivity index (χ2n) is 8.99. The zero-order chi connectivity index (χ0) is 23.2. The zero-order valence-electron chi connectivity index (χ0n) is 18.9. The Hall–Kier alpha value is -2.08. The number of anilines is 1. The molecule has 0 aromatic heterocycles. The summed E-state index contributed by atoms with van der Waals surface area (Å²) < 4.78 is 0. The maximum Gasteiger partial charge on any atom is 0.255 e. The number of para-hydroxylation sites is 1. The first-order valence-electron chi connectivity index (χ1n) is 11.9. The number of piperidine rings is 1. The lowest BCUT2D eigenvalue weighted by Gasteiger charge is -2.32. The number of likely N-dealkylation sites (tertiary alicyclic amines) is 2. The van der Waals surface area contributed by atoms with Gasteiger partial charge in [0, 0.05) is 41.2 Å². The maximum atomic E-state index is 13.1. The highest BCUT2D eigenvalue weighted by molar-refractivity contribution is 6.35. The highest BCUT2D eigenvalue weighted by Gasteiger charge is 2.27. The quantitative estimate of drug-likeness (QED) is 0.574. The van der Waals surface area contributed by atoms with Gasteiger partial charge >= 0.3 is 0 Å². The summed E-state index contributed by atoms with van der Waals surface area (Å²) in [5.41, 5.74) is 2.13. The van der Waals surface area contributed by atoms with Crippen LogP contribution in [-0.4, -0.2) is 47.8 Å². The molecule has 0 atom stereocenters. The minimum atomic E-state index is -0.0793. The van der Waals surface area contributed by atoms with Crippen LogP contribution < -0.4 is 5.32 Å². The maximum absolute atomic E-state index is 13.1. The Bertz CT molecular complexity index is 961. The minimum absolute atomic E-state index is 0.0125. The lowest BCUT2D eigenvalue weighted by atomic mass is 9.95. The topological polar surface area (TPSA) is 52.7 Å². The SMILES string of the molecule is O=C(Nc1ccccc1C(=O)N1CCCCCC1)C1CCN(Cc2c(Cl)cccc2Cl)CC1. The smallest absolute Gasteiger partial charge is 0.255 e. The van der Waals surface area contributed by atoms with Gasteiger partial charge in [0.1, 0.15) is 0 Å². The van der Waals surface area contributed by atoms with Crippen molar-refractivity contribution in [2.45, 2.75) is 45.1 Å². The Morgan fingerprint density at radius 3 is 2.15 bits per heavy atom. The van der Waals surface area contributed by atoms with Gasteiger partial charge in [0.05, 0.1) is 11.3 Å². The summed E-state index contributed by atoms with van der Waals surface area (Å²) >= 11 is 12.6. The molecule has 2 aliphatic rings. The molecule has 5 nitrogen and oxygen atoms in total. The van der Waals surface area contributed by atoms with Crippen LogP contribution in [0.15, 0.2) is 42.5 Å². The van der Waals surface area contributed by atoms with Crippen molar-refractivity contribution in [2.24, 2.45) is 5.92 Å². The molecule has 2 amide bonds. The molecule has 1 N–H and O–H groups in total. The van der Waals surface area contributed by atoms with Gasteiger partial charge in [-0.2, -0.15) is 0 Å². The summed E-state index contributed by atoms with van der Waals surface area (Å²) in [7, 11) is 0. The molecule has 0 bridgehead atoms. The number of nitrogens with one attached hydrogen (secondary N) is 1. The van der Waals surface area contributed by atoms with Crippen molar-refractivity contribution in [1.29, 1.82) is 0 Å². The van der Waals surface area contributed by atoms with Crippen LogP contribution in [0.4, 0.5) is 5.69 Å². The highest BCUT2D eigenvalue weighted by atomic mass is 35.5. The number of carbonyl (C=O) groups excluding carboxylic acids is 2. The number of nitrogens with zero attached hydrogens (tertiary/aromatic N) is 2. The molecule has 0 unspecified atom stereocenters. The highest BCUT2D eigenvalue weighted by Crippen LogP contribution is 2.28. The Balaban J connectivity index is 1.35. The van der Waals surface area contributed by atoms with E-state index in [-0.39, 0.29) is 17.7 Å². The van der Waals surface area contributed by atoms with Crippen molar-refractivity contribution in [3.05, 3.63) is 63.6 Å². The van der Waals surface area contributed by atoms with E-state index in [1.165, 1.54) is 12.8 Å². The van der Waals surface area contributed by atoms with Crippen LogP contribution in [0.3, 0.4) is 0 Å². The number of rotatable bonds is 5. The lowest BCUT2D eigenvalue weighted by Crippen LogP contribution is -2.38. The second kappa shape index (κ2) is 11.4. The third-order valence-corrected chi connectivity index (χ3v) is 7.42. The molecular formula is C26H31Cl2N3O2. The van der Waals surface area contributed by atoms with Crippen LogP contribution in [0.2, 0.25) is 10.0 Å². The summed E-state index contributed by atoms with van der Waals surface area (Å²) in [5.74, 6) is -0.0786. The van der Waals surface area contributed by atoms with E-state index in [0.717, 1.165) is 57.4 Å². The number of carbonyl (C=O) groups is 2. The Labute approximate surface area is 206 Å². The third-order valence-electron chi connectivity index (χ3n) is 6.71. The third kappa shape index (κ3) is 6.08. The molecular weight excluding hydrogens is 457 g/mol. The van der Waals surface area contributed by atoms with Crippen LogP contribution >= 0.6 is 23.2 Å². The largest absolute Gasteiger partial charge is 0.339 e. The number of amides is 2. The van der Waals surface area contributed by atoms with Crippen molar-refractivity contribution < 1.29 is 9.59 Å². The molecule has 0 saturated carbocycles. The van der Waals surface area contributed by atoms with Gasteiger partial charge in [0.2, 0.25) is 5.91 Å². The lowest BCUT2D eigenvalue weighted by molar-refractivity contribution is -0.121. The fourth-order valence-corrected chi connectivity index (χ4v) is 5.23. The van der Waals surface area contributed by atoms with E-state index in [1.807, 2.05) is 47.4 Å². The standard InChI is InChI=1S/C26H31Cl2N3O2/c27-22-9-7-10-23(28)21(22)18-30-16-12-19(13-17-30)25(32)29-24-11-4-3-8-20(24)26(33)31-14-5-1-2-6-15-31/h3-4,7-11,19H,1-2,5-6,12-18H2,(H,29,32). The van der Waals surface area contributed by atoms with E-state index in [1.54, 1.807) is 0 Å². The van der Waals surface area contributed by atoms with Gasteiger partial charge in [0.15, 0.2) is 0 Å². The van der Waals surface area contributed by atoms with Gasteiger partial charge < -0.3 is 10.2 Å². The predicted molar refractivity (Wildman–Crippen MR) is 134 cm³/mol. The van der Waals surface area contributed by atoms with Crippen molar-refractivity contribution >= 4 is 40.7 Å². The molecule has 2 heterocycles. The van der Waals surface area contributed by atoms with E-state index in [9.17, 15) is 9.59 Å². The van der Waals surface area contributed by atoms with Gasteiger partial charge in [-0.05, 0) is 63.0 Å². The predicted octanol–water partition coefficient (Wildman–Crippen LogP) is 5.86. The summed E-state index contributed by atoms with van der Waals surface area (Å²) in [5, 5.41) is 4.40. The number of halogens is 2. The van der Waals surface area contributed by atoms with Crippen molar-refractivity contribution in [3.63, 3.8) is 0 Å². The molecule has 0 radical (unpaired) electrons. The average Bonchev–Trinajstić information content (AvgIpc) is 3.11. The Kier molecular flexibility index (Phi) is 8.29. The Morgan fingerprint density at radius 2 is 1.48 bits per heavy atom. The first kappa shape index (κ1) is 24.1. The number of hydrogen-bond acceptors (Lipinski definition) is 3. The van der Waals surface area contributed by atoms with E-state index >= 15 is 0 Å². The van der Waals surface area contributed by atoms with Gasteiger partial charge in [-0.1, -0.05) is 54.2 Å². The second-order valence-corrected chi connectivity index (χ2v) is 9.81. The fraction of sp³-hybridized carbons (Fsp3) is 0.462. The van der Waals surface area contributed by atoms with E-state index in [0.29, 0.717) is 27.8 Å². The minimum Gasteiger partial charge on any atom is -0.339 e. The van der Waals surface area contributed by atoms with E-state index in [2.05, 4.69) is 10.2 Å². The molecule has 0 spiro atoms. The van der Waals surface area contributed by atoms with Gasteiger partial charge in [-0.25, -0.2) is 0 Å². The van der Waals surface area contributed by atoms with Gasteiger partial charge in [-0.3, -0.25) is 14.5 Å². The van der Waals surface area contributed by atoms with Gasteiger partial charge in [0.25, 0.3) is 5.91 Å². The van der Waals surface area contributed by atoms with E-state index < -0.39 is 0 Å². The first-order valence-corrected chi connectivity index (χ1v) is 12.6. The molecule has 2 aromatic carbocycles. The molecule has 33 heavy (non-hydrogen) atoms. The normalized spacial score (nSPS) is 18.1. The molecule has 2 aliphatic heterocycles. The molecule has 0 aliphatic carbocycles. The van der Waals surface area contributed by atoms with Crippen molar-refractivity contribution in [3.8, 4) is 0 Å². The Morgan fingerprint density at radius 1 is 0.848 bits per heavy atom. The monoisotopic (exact) mass is 487 g/mol. The van der Waals surface area contributed by atoms with Crippen LogP contribution in [0.25, 0.3) is 0 Å². The van der Waals surface area contributed by atoms with E-state index in [4.69, 9.17) is 23.2 Å². The molecule has 176 valence electrons. The molecule has 7 heteroatoms. The van der Waals surface area contributed by atoms with Crippen LogP contribution in [0.5, 0.6) is 0 Å². The molecule has 4 rings (SSSR count). The van der Waals surface area contributed by atoms with Crippen molar-refractivity contribution in [1.82, 2.24) is 9.80 Å². The van der Waals surface area contributed by atoms with Gasteiger partial charge in [-0.15, -0.1) is 0 Å². The summed E-state index contributed by atoms with van der Waals surface area (Å²) in [6.07, 6.45) is 5.94. The average molecular weight is 488 g/mol. The van der Waals surface area contributed by atoms with Crippen molar-refractivity contribution in [2.75, 3.05) is 31.5 Å². The number of hydrogen-bond donors (Lipinski definition) is 1. The summed E-state index contributed by atoms with van der Waals surface area (Å²) in [4.78, 5) is 30.4. The van der Waals surface area contributed by atoms with Crippen LogP contribution in [-0.2, 0) is 11.3 Å². The molecule has 2 aromatic rings. The zero-order valence-corrected chi connectivity index (χ0v) is 20.4. The molecule has 2 saturated heterocycles. The van der Waals surface area contributed by atoms with Crippen LogP contribution in [0, 0.1) is 5.92 Å².